The molecule has 1 atom stereocenters. The molecule has 0 aliphatic rings. The minimum absolute atomic E-state index is 0.0121. The molecular formula is C22H21F2N5. The molecule has 0 saturated carbocycles. The summed E-state index contributed by atoms with van der Waals surface area (Å²) in [6.45, 7) is 4.59. The lowest BCUT2D eigenvalue weighted by atomic mass is 10.1. The van der Waals surface area contributed by atoms with Crippen LogP contribution in [0.4, 0.5) is 8.78 Å². The smallest absolute Gasteiger partial charge is 0.151 e. The molecule has 5 nitrogen and oxygen atoms in total. The maximum atomic E-state index is 14.1. The number of halogens is 2. The topological polar surface area (TPSA) is 47.7 Å². The monoisotopic (exact) mass is 393 g/mol. The third-order valence-electron chi connectivity index (χ3n) is 4.97. The lowest BCUT2D eigenvalue weighted by Gasteiger charge is -2.15. The molecule has 2 aromatic heterocycles. The molecule has 1 N–H and O–H groups in total. The summed E-state index contributed by atoms with van der Waals surface area (Å²) < 4.78 is 30.6. The van der Waals surface area contributed by atoms with Crippen LogP contribution in [0.25, 0.3) is 11.4 Å². The Morgan fingerprint density at radius 3 is 2.55 bits per heavy atom. The summed E-state index contributed by atoms with van der Waals surface area (Å²) in [6.07, 6.45) is 5.37. The number of hydrogen-bond acceptors (Lipinski definition) is 3. The van der Waals surface area contributed by atoms with Gasteiger partial charge < -0.3 is 5.32 Å². The second-order valence-corrected chi connectivity index (χ2v) is 6.91. The van der Waals surface area contributed by atoms with Gasteiger partial charge in [-0.25, -0.2) is 18.1 Å². The molecule has 1 unspecified atom stereocenters. The van der Waals surface area contributed by atoms with E-state index in [4.69, 9.17) is 0 Å². The number of benzene rings is 2. The van der Waals surface area contributed by atoms with Crippen LogP contribution in [-0.4, -0.2) is 19.6 Å². The minimum atomic E-state index is -0.638. The second kappa shape index (κ2) is 7.97. The van der Waals surface area contributed by atoms with Gasteiger partial charge in [0.2, 0.25) is 0 Å². The molecule has 4 rings (SSSR count). The summed E-state index contributed by atoms with van der Waals surface area (Å²) in [7, 11) is 0. The molecule has 29 heavy (non-hydrogen) atoms. The molecule has 2 aromatic carbocycles. The Hall–Kier alpha value is -3.32. The quantitative estimate of drug-likeness (QED) is 0.525. The lowest BCUT2D eigenvalue weighted by molar-refractivity contribution is 0.566. The van der Waals surface area contributed by atoms with Gasteiger partial charge >= 0.3 is 0 Å². The van der Waals surface area contributed by atoms with Crippen molar-refractivity contribution < 1.29 is 8.78 Å². The average Bonchev–Trinajstić information content (AvgIpc) is 3.37. The Balaban J connectivity index is 1.45. The van der Waals surface area contributed by atoms with Crippen LogP contribution in [0.5, 0.6) is 0 Å². The second-order valence-electron chi connectivity index (χ2n) is 6.91. The van der Waals surface area contributed by atoms with Gasteiger partial charge in [-0.15, -0.1) is 0 Å². The van der Waals surface area contributed by atoms with Crippen LogP contribution in [-0.2, 0) is 6.54 Å². The highest BCUT2D eigenvalue weighted by Gasteiger charge is 2.16. The van der Waals surface area contributed by atoms with Gasteiger partial charge in [0.15, 0.2) is 5.82 Å². The van der Waals surface area contributed by atoms with E-state index >= 15 is 0 Å². The van der Waals surface area contributed by atoms with Crippen molar-refractivity contribution in [3.63, 3.8) is 0 Å². The Morgan fingerprint density at radius 1 is 1.07 bits per heavy atom. The predicted octanol–water partition coefficient (Wildman–Crippen LogP) is 4.50. The standard InChI is InChI=1S/C22H21F2N5/c1-15(25-13-17-4-7-19(8-5-17)28-11-3-10-26-28)20-14-27-29(16(20)2)22-9-6-18(23)12-21(22)24/h3-12,14-15,25H,13H2,1-2H3. The lowest BCUT2D eigenvalue weighted by Crippen LogP contribution is -2.18. The van der Waals surface area contributed by atoms with E-state index in [0.717, 1.165) is 28.6 Å². The van der Waals surface area contributed by atoms with Gasteiger partial charge in [-0.05, 0) is 49.7 Å². The van der Waals surface area contributed by atoms with E-state index in [2.05, 4.69) is 27.6 Å². The van der Waals surface area contributed by atoms with Crippen molar-refractivity contribution >= 4 is 0 Å². The van der Waals surface area contributed by atoms with Gasteiger partial charge in [-0.1, -0.05) is 12.1 Å². The molecular weight excluding hydrogens is 372 g/mol. The first-order valence-corrected chi connectivity index (χ1v) is 9.35. The fraction of sp³-hybridized carbons (Fsp3) is 0.182. The van der Waals surface area contributed by atoms with E-state index in [1.54, 1.807) is 12.4 Å². The van der Waals surface area contributed by atoms with E-state index in [9.17, 15) is 8.78 Å². The zero-order valence-corrected chi connectivity index (χ0v) is 16.2. The van der Waals surface area contributed by atoms with Crippen molar-refractivity contribution in [3.05, 3.63) is 95.6 Å². The molecule has 4 aromatic rings. The van der Waals surface area contributed by atoms with Crippen LogP contribution in [0, 0.1) is 18.6 Å². The first-order valence-electron chi connectivity index (χ1n) is 9.35. The van der Waals surface area contributed by atoms with Gasteiger partial charge in [0.25, 0.3) is 0 Å². The van der Waals surface area contributed by atoms with Crippen LogP contribution in [0.3, 0.4) is 0 Å². The third-order valence-corrected chi connectivity index (χ3v) is 4.97. The van der Waals surface area contributed by atoms with E-state index in [-0.39, 0.29) is 11.7 Å². The highest BCUT2D eigenvalue weighted by atomic mass is 19.1. The first-order chi connectivity index (χ1) is 14.0. The summed E-state index contributed by atoms with van der Waals surface area (Å²) in [5, 5.41) is 12.0. The van der Waals surface area contributed by atoms with E-state index in [0.29, 0.717) is 6.54 Å². The maximum absolute atomic E-state index is 14.1. The molecule has 0 saturated heterocycles. The van der Waals surface area contributed by atoms with Crippen molar-refractivity contribution in [3.8, 4) is 11.4 Å². The van der Waals surface area contributed by atoms with Gasteiger partial charge in [0.05, 0.1) is 11.9 Å². The molecule has 2 heterocycles. The van der Waals surface area contributed by atoms with Crippen LogP contribution in [0.15, 0.2) is 67.1 Å². The van der Waals surface area contributed by atoms with E-state index in [1.165, 1.54) is 16.8 Å². The average molecular weight is 393 g/mol. The van der Waals surface area contributed by atoms with Crippen LogP contribution in [0.1, 0.15) is 29.8 Å². The van der Waals surface area contributed by atoms with Crippen LogP contribution in [0.2, 0.25) is 0 Å². The summed E-state index contributed by atoms with van der Waals surface area (Å²) in [5.74, 6) is -1.24. The number of nitrogens with one attached hydrogen (secondary N) is 1. The summed E-state index contributed by atoms with van der Waals surface area (Å²) in [4.78, 5) is 0. The van der Waals surface area contributed by atoms with E-state index in [1.807, 2.05) is 42.9 Å². The zero-order chi connectivity index (χ0) is 20.4. The molecule has 0 spiro atoms. The molecule has 7 heteroatoms. The van der Waals surface area contributed by atoms with Gasteiger partial charge in [-0.3, -0.25) is 0 Å². The Kier molecular flexibility index (Phi) is 5.22. The van der Waals surface area contributed by atoms with Crippen LogP contribution < -0.4 is 5.32 Å². The van der Waals surface area contributed by atoms with Crippen molar-refractivity contribution in [2.75, 3.05) is 0 Å². The minimum Gasteiger partial charge on any atom is -0.306 e. The summed E-state index contributed by atoms with van der Waals surface area (Å²) >= 11 is 0. The van der Waals surface area contributed by atoms with Crippen LogP contribution >= 0.6 is 0 Å². The molecule has 0 aliphatic heterocycles. The number of rotatable bonds is 6. The van der Waals surface area contributed by atoms with E-state index < -0.39 is 11.6 Å². The molecule has 0 amide bonds. The zero-order valence-electron chi connectivity index (χ0n) is 16.2. The first kappa shape index (κ1) is 19.0. The molecule has 0 aliphatic carbocycles. The number of hydrogen-bond donors (Lipinski definition) is 1. The fourth-order valence-electron chi connectivity index (χ4n) is 3.31. The molecule has 0 radical (unpaired) electrons. The molecule has 0 fully saturated rings. The number of aromatic nitrogens is 4. The predicted molar refractivity (Wildman–Crippen MR) is 107 cm³/mol. The summed E-state index contributed by atoms with van der Waals surface area (Å²) in [6, 6.07) is 13.5. The Bertz CT molecular complexity index is 1100. The highest BCUT2D eigenvalue weighted by molar-refractivity contribution is 5.37. The Labute approximate surface area is 167 Å². The summed E-state index contributed by atoms with van der Waals surface area (Å²) in [5.41, 5.74) is 4.15. The van der Waals surface area contributed by atoms with Crippen molar-refractivity contribution in [2.24, 2.45) is 0 Å². The highest BCUT2D eigenvalue weighted by Crippen LogP contribution is 2.22. The SMILES string of the molecule is Cc1c(C(C)NCc2ccc(-n3cccn3)cc2)cnn1-c1ccc(F)cc1F. The van der Waals surface area contributed by atoms with Crippen molar-refractivity contribution in [1.82, 2.24) is 24.9 Å². The Morgan fingerprint density at radius 2 is 1.86 bits per heavy atom. The third kappa shape index (κ3) is 3.95. The largest absolute Gasteiger partial charge is 0.306 e. The van der Waals surface area contributed by atoms with Gasteiger partial charge in [-0.2, -0.15) is 10.2 Å². The molecule has 0 bridgehead atoms. The normalized spacial score (nSPS) is 12.3. The maximum Gasteiger partial charge on any atom is 0.151 e. The fourth-order valence-corrected chi connectivity index (χ4v) is 3.31. The van der Waals surface area contributed by atoms with Crippen molar-refractivity contribution in [2.45, 2.75) is 26.4 Å². The van der Waals surface area contributed by atoms with Gasteiger partial charge in [0.1, 0.15) is 11.5 Å². The van der Waals surface area contributed by atoms with Gasteiger partial charge in [0, 0.05) is 42.3 Å². The van der Waals surface area contributed by atoms with Crippen molar-refractivity contribution in [1.29, 1.82) is 0 Å². The molecule has 148 valence electrons. The number of nitrogens with zero attached hydrogens (tertiary/aromatic N) is 4.